The summed E-state index contributed by atoms with van der Waals surface area (Å²) < 4.78 is 50.1. The summed E-state index contributed by atoms with van der Waals surface area (Å²) in [5.74, 6) is -3.41. The molecule has 2 N–H and O–H groups in total. The molecule has 0 spiro atoms. The van der Waals surface area contributed by atoms with Crippen molar-refractivity contribution in [3.8, 4) is 5.75 Å². The minimum absolute atomic E-state index is 0.319. The van der Waals surface area contributed by atoms with E-state index in [2.05, 4.69) is 15.4 Å². The molecule has 1 aromatic carbocycles. The number of hydrogen-bond donors (Lipinski definition) is 2. The minimum Gasteiger partial charge on any atom is -0.497 e. The smallest absolute Gasteiger partial charge is 0.453 e. The van der Waals surface area contributed by atoms with Crippen molar-refractivity contribution in [2.24, 2.45) is 5.92 Å². The van der Waals surface area contributed by atoms with E-state index in [0.29, 0.717) is 11.3 Å². The second kappa shape index (κ2) is 6.41. The molecule has 11 heteroatoms. The molecule has 2 aromatic rings. The summed E-state index contributed by atoms with van der Waals surface area (Å²) in [7, 11) is 2.55. The Morgan fingerprint density at radius 1 is 1.37 bits per heavy atom. The molecule has 2 heterocycles. The van der Waals surface area contributed by atoms with Crippen LogP contribution < -0.4 is 10.1 Å². The lowest BCUT2D eigenvalue weighted by molar-refractivity contribution is -0.156. The second-order valence-electron chi connectivity index (χ2n) is 6.20. The number of aliphatic hydroxyl groups is 1. The average molecular weight is 386 g/mol. The first-order valence-electron chi connectivity index (χ1n) is 7.84. The van der Waals surface area contributed by atoms with Crippen LogP contribution in [0.3, 0.4) is 0 Å². The molecule has 0 amide bonds. The van der Waals surface area contributed by atoms with Gasteiger partial charge in [-0.05, 0) is 24.6 Å². The molecule has 0 radical (unpaired) electrons. The van der Waals surface area contributed by atoms with Crippen molar-refractivity contribution in [1.29, 1.82) is 0 Å². The van der Waals surface area contributed by atoms with Crippen LogP contribution in [-0.4, -0.2) is 45.8 Å². The fourth-order valence-electron chi connectivity index (χ4n) is 3.12. The van der Waals surface area contributed by atoms with E-state index in [0.717, 1.165) is 11.8 Å². The molecule has 1 aliphatic heterocycles. The van der Waals surface area contributed by atoms with Gasteiger partial charge >= 0.3 is 12.1 Å². The Labute approximate surface area is 151 Å². The number of carbonyl (C=O) groups excluding carboxylic acids is 1. The zero-order chi connectivity index (χ0) is 20.0. The van der Waals surface area contributed by atoms with E-state index in [1.54, 1.807) is 24.3 Å². The van der Waals surface area contributed by atoms with Gasteiger partial charge in [0.15, 0.2) is 5.72 Å². The Morgan fingerprint density at radius 2 is 2.07 bits per heavy atom. The summed E-state index contributed by atoms with van der Waals surface area (Å²) in [4.78, 5) is 15.8. The molecule has 146 valence electrons. The quantitative estimate of drug-likeness (QED) is 0.777. The SMILES string of the molecule is COC(=O)[C@@H]1[C@@H](c2cccc(OC)c2)n2nc(C(F)(F)F)nc2N[C@]1(C)O. The molecule has 3 rings (SSSR count). The van der Waals surface area contributed by atoms with Gasteiger partial charge in [0.05, 0.1) is 20.3 Å². The molecular formula is C16H17F3N4O4. The third-order valence-corrected chi connectivity index (χ3v) is 4.32. The van der Waals surface area contributed by atoms with E-state index in [-0.39, 0.29) is 5.95 Å². The Kier molecular flexibility index (Phi) is 4.50. The van der Waals surface area contributed by atoms with Crippen LogP contribution >= 0.6 is 0 Å². The third-order valence-electron chi connectivity index (χ3n) is 4.32. The van der Waals surface area contributed by atoms with E-state index >= 15 is 0 Å². The van der Waals surface area contributed by atoms with E-state index in [9.17, 15) is 23.1 Å². The van der Waals surface area contributed by atoms with Crippen LogP contribution in [-0.2, 0) is 15.7 Å². The topological polar surface area (TPSA) is 98.5 Å². The first-order valence-corrected chi connectivity index (χ1v) is 7.84. The summed E-state index contributed by atoms with van der Waals surface area (Å²) in [5.41, 5.74) is -1.54. The van der Waals surface area contributed by atoms with Crippen LogP contribution in [0.2, 0.25) is 0 Å². The molecular weight excluding hydrogens is 369 g/mol. The third kappa shape index (κ3) is 3.29. The average Bonchev–Trinajstić information content (AvgIpc) is 3.02. The Balaban J connectivity index is 2.23. The summed E-state index contributed by atoms with van der Waals surface area (Å²) >= 11 is 0. The number of fused-ring (bicyclic) bond motifs is 1. The first kappa shape index (κ1) is 19.0. The van der Waals surface area contributed by atoms with Crippen molar-refractivity contribution < 1.29 is 32.5 Å². The standard InChI is InChI=1S/C16H17F3N4O4/c1-15(25)10(12(24)27-3)11(8-5-4-6-9(7-8)26-2)23-14(21-15)20-13(22-23)16(17,18)19/h4-7,10-11,25H,1-3H3,(H,20,21,22)/t10-,11+,15+/m0/s1. The normalized spacial score (nSPS) is 24.7. The Hall–Kier alpha value is -2.82. The minimum atomic E-state index is -4.79. The summed E-state index contributed by atoms with van der Waals surface area (Å²) in [6.45, 7) is 1.26. The highest BCUT2D eigenvalue weighted by Crippen LogP contribution is 2.42. The monoisotopic (exact) mass is 386 g/mol. The molecule has 1 aromatic heterocycles. The molecule has 0 unspecified atom stereocenters. The molecule has 0 aliphatic carbocycles. The maximum absolute atomic E-state index is 13.1. The van der Waals surface area contributed by atoms with Gasteiger partial charge < -0.3 is 19.9 Å². The van der Waals surface area contributed by atoms with Gasteiger partial charge in [0, 0.05) is 0 Å². The lowest BCUT2D eigenvalue weighted by Gasteiger charge is -2.41. The lowest BCUT2D eigenvalue weighted by Crippen LogP contribution is -2.55. The van der Waals surface area contributed by atoms with E-state index in [1.165, 1.54) is 14.0 Å². The van der Waals surface area contributed by atoms with Gasteiger partial charge in [-0.25, -0.2) is 4.68 Å². The van der Waals surface area contributed by atoms with Crippen LogP contribution in [0.25, 0.3) is 0 Å². The fourth-order valence-corrected chi connectivity index (χ4v) is 3.12. The van der Waals surface area contributed by atoms with Crippen molar-refractivity contribution in [1.82, 2.24) is 14.8 Å². The number of rotatable bonds is 3. The number of anilines is 1. The largest absolute Gasteiger partial charge is 0.497 e. The zero-order valence-electron chi connectivity index (χ0n) is 14.6. The van der Waals surface area contributed by atoms with Crippen LogP contribution in [0.1, 0.15) is 24.4 Å². The molecule has 1 aliphatic rings. The highest BCUT2D eigenvalue weighted by molar-refractivity contribution is 5.76. The van der Waals surface area contributed by atoms with Crippen LogP contribution in [0.4, 0.5) is 19.1 Å². The van der Waals surface area contributed by atoms with Gasteiger partial charge in [-0.15, -0.1) is 5.10 Å². The molecule has 27 heavy (non-hydrogen) atoms. The van der Waals surface area contributed by atoms with Gasteiger partial charge in [-0.3, -0.25) is 4.79 Å². The van der Waals surface area contributed by atoms with Crippen LogP contribution in [0, 0.1) is 5.92 Å². The van der Waals surface area contributed by atoms with Gasteiger partial charge in [-0.1, -0.05) is 12.1 Å². The van der Waals surface area contributed by atoms with Crippen molar-refractivity contribution in [3.63, 3.8) is 0 Å². The number of benzene rings is 1. The van der Waals surface area contributed by atoms with E-state index in [4.69, 9.17) is 9.47 Å². The predicted octanol–water partition coefficient (Wildman–Crippen LogP) is 1.82. The van der Waals surface area contributed by atoms with Crippen molar-refractivity contribution >= 4 is 11.9 Å². The first-order chi connectivity index (χ1) is 12.6. The van der Waals surface area contributed by atoms with Crippen molar-refractivity contribution in [2.75, 3.05) is 19.5 Å². The summed E-state index contributed by atoms with van der Waals surface area (Å²) in [6.07, 6.45) is -4.79. The number of methoxy groups -OCH3 is 2. The summed E-state index contributed by atoms with van der Waals surface area (Å²) in [5, 5.41) is 16.7. The number of aromatic nitrogens is 3. The van der Waals surface area contributed by atoms with Crippen molar-refractivity contribution in [3.05, 3.63) is 35.7 Å². The molecule has 0 saturated heterocycles. The highest BCUT2D eigenvalue weighted by Gasteiger charge is 2.52. The van der Waals surface area contributed by atoms with Gasteiger partial charge in [-0.2, -0.15) is 18.2 Å². The van der Waals surface area contributed by atoms with Crippen LogP contribution in [0.5, 0.6) is 5.75 Å². The summed E-state index contributed by atoms with van der Waals surface area (Å²) in [6, 6.07) is 5.27. The number of ether oxygens (including phenoxy) is 2. The van der Waals surface area contributed by atoms with Crippen LogP contribution in [0.15, 0.2) is 24.3 Å². The van der Waals surface area contributed by atoms with E-state index < -0.39 is 35.7 Å². The number of esters is 1. The molecule has 0 saturated carbocycles. The predicted molar refractivity (Wildman–Crippen MR) is 85.9 cm³/mol. The van der Waals surface area contributed by atoms with Gasteiger partial charge in [0.2, 0.25) is 5.95 Å². The Morgan fingerprint density at radius 3 is 2.67 bits per heavy atom. The number of halogens is 3. The van der Waals surface area contributed by atoms with Crippen molar-refractivity contribution in [2.45, 2.75) is 24.9 Å². The number of nitrogens with one attached hydrogen (secondary N) is 1. The molecule has 3 atom stereocenters. The fraction of sp³-hybridized carbons (Fsp3) is 0.438. The number of carbonyl (C=O) groups is 1. The van der Waals surface area contributed by atoms with E-state index in [1.807, 2.05) is 0 Å². The molecule has 0 bridgehead atoms. The zero-order valence-corrected chi connectivity index (χ0v) is 14.6. The Bertz CT molecular complexity index is 866. The van der Waals surface area contributed by atoms with Gasteiger partial charge in [0.25, 0.3) is 5.82 Å². The van der Waals surface area contributed by atoms with Gasteiger partial charge in [0.1, 0.15) is 11.7 Å². The lowest BCUT2D eigenvalue weighted by atomic mass is 9.83. The maximum atomic E-state index is 13.1. The number of nitrogens with zero attached hydrogens (tertiary/aromatic N) is 3. The second-order valence-corrected chi connectivity index (χ2v) is 6.20. The number of alkyl halides is 3. The maximum Gasteiger partial charge on any atom is 0.453 e. The number of hydrogen-bond acceptors (Lipinski definition) is 7. The molecule has 8 nitrogen and oxygen atoms in total. The molecule has 0 fully saturated rings. The highest BCUT2D eigenvalue weighted by atomic mass is 19.4.